The van der Waals surface area contributed by atoms with Crippen LogP contribution >= 0.6 is 0 Å². The Kier molecular flexibility index (Phi) is 4.86. The highest BCUT2D eigenvalue weighted by molar-refractivity contribution is 5.86. The normalized spacial score (nSPS) is 28.1. The molecule has 2 unspecified atom stereocenters. The predicted molar refractivity (Wildman–Crippen MR) is 55.0 cm³/mol. The Balaban J connectivity index is 2.47. The van der Waals surface area contributed by atoms with Gasteiger partial charge in [0.05, 0.1) is 13.2 Å². The lowest BCUT2D eigenvalue weighted by Crippen LogP contribution is -2.41. The number of ether oxygens (including phenoxy) is 2. The van der Waals surface area contributed by atoms with Crippen LogP contribution in [0.5, 0.6) is 0 Å². The van der Waals surface area contributed by atoms with Gasteiger partial charge in [0, 0.05) is 13.7 Å². The van der Waals surface area contributed by atoms with Gasteiger partial charge in [-0.2, -0.15) is 0 Å². The number of amidine groups is 1. The van der Waals surface area contributed by atoms with Gasteiger partial charge >= 0.3 is 0 Å². The molecule has 82 valence electrons. The number of nitrogens with one attached hydrogen (secondary N) is 1. The minimum absolute atomic E-state index is 0.0249. The molecule has 5 nitrogen and oxygen atoms in total. The van der Waals surface area contributed by atoms with E-state index in [0.717, 1.165) is 18.9 Å². The van der Waals surface area contributed by atoms with E-state index < -0.39 is 0 Å². The number of nitrogens with zero attached hydrogens (tertiary/aromatic N) is 1. The summed E-state index contributed by atoms with van der Waals surface area (Å²) in [7, 11) is 1.65. The zero-order valence-electron chi connectivity index (χ0n) is 8.82. The third-order valence-corrected chi connectivity index (χ3v) is 2.38. The van der Waals surface area contributed by atoms with Gasteiger partial charge in [0.15, 0.2) is 0 Å². The fraction of sp³-hybridized carbons (Fsp3) is 0.889. The Morgan fingerprint density at radius 3 is 3.00 bits per heavy atom. The molecule has 0 spiro atoms. The van der Waals surface area contributed by atoms with Crippen molar-refractivity contribution in [2.75, 3.05) is 26.9 Å². The average molecular weight is 201 g/mol. The van der Waals surface area contributed by atoms with E-state index in [0.29, 0.717) is 19.1 Å². The Hall–Kier alpha value is -0.650. The van der Waals surface area contributed by atoms with Gasteiger partial charge in [-0.05, 0) is 12.3 Å². The summed E-state index contributed by atoms with van der Waals surface area (Å²) in [5, 5.41) is 0. The molecule has 1 fully saturated rings. The SMILES string of the molecule is COCCN=C(NN)C1OCCC1C. The zero-order chi connectivity index (χ0) is 10.4. The smallest absolute Gasteiger partial charge is 0.140 e. The van der Waals surface area contributed by atoms with Gasteiger partial charge in [-0.25, -0.2) is 5.84 Å². The maximum Gasteiger partial charge on any atom is 0.140 e. The van der Waals surface area contributed by atoms with Crippen molar-refractivity contribution in [2.45, 2.75) is 19.4 Å². The molecule has 0 saturated carbocycles. The van der Waals surface area contributed by atoms with E-state index in [4.69, 9.17) is 15.3 Å². The molecule has 0 aromatic heterocycles. The highest BCUT2D eigenvalue weighted by Crippen LogP contribution is 2.20. The molecular formula is C9H19N3O2. The number of hydrogen-bond donors (Lipinski definition) is 2. The van der Waals surface area contributed by atoms with Crippen LogP contribution in [0.25, 0.3) is 0 Å². The molecule has 1 rings (SSSR count). The third kappa shape index (κ3) is 2.94. The molecule has 2 atom stereocenters. The highest BCUT2D eigenvalue weighted by atomic mass is 16.5. The lowest BCUT2D eigenvalue weighted by atomic mass is 10.0. The molecule has 0 aliphatic carbocycles. The molecule has 1 saturated heterocycles. The van der Waals surface area contributed by atoms with Crippen LogP contribution in [0.2, 0.25) is 0 Å². The second-order valence-corrected chi connectivity index (χ2v) is 3.46. The lowest BCUT2D eigenvalue weighted by Gasteiger charge is -2.16. The van der Waals surface area contributed by atoms with Crippen molar-refractivity contribution < 1.29 is 9.47 Å². The van der Waals surface area contributed by atoms with Crippen LogP contribution in [0, 0.1) is 5.92 Å². The van der Waals surface area contributed by atoms with Crippen LogP contribution in [0.1, 0.15) is 13.3 Å². The van der Waals surface area contributed by atoms with E-state index >= 15 is 0 Å². The Morgan fingerprint density at radius 1 is 1.71 bits per heavy atom. The number of aliphatic imine (C=N–C) groups is 1. The summed E-state index contributed by atoms with van der Waals surface area (Å²) < 4.78 is 10.4. The zero-order valence-corrected chi connectivity index (χ0v) is 8.82. The minimum Gasteiger partial charge on any atom is -0.383 e. The molecule has 0 radical (unpaired) electrons. The molecule has 14 heavy (non-hydrogen) atoms. The fourth-order valence-electron chi connectivity index (χ4n) is 1.52. The van der Waals surface area contributed by atoms with Gasteiger partial charge in [0.1, 0.15) is 11.9 Å². The second-order valence-electron chi connectivity index (χ2n) is 3.46. The van der Waals surface area contributed by atoms with Crippen molar-refractivity contribution in [2.24, 2.45) is 16.8 Å². The molecule has 0 aromatic rings. The molecule has 1 heterocycles. The largest absolute Gasteiger partial charge is 0.383 e. The molecule has 0 aromatic carbocycles. The lowest BCUT2D eigenvalue weighted by molar-refractivity contribution is 0.141. The predicted octanol–water partition coefficient (Wildman–Crippen LogP) is -0.0804. The topological polar surface area (TPSA) is 68.9 Å². The number of rotatable bonds is 4. The van der Waals surface area contributed by atoms with Crippen molar-refractivity contribution in [3.63, 3.8) is 0 Å². The van der Waals surface area contributed by atoms with Crippen LogP contribution in [0.4, 0.5) is 0 Å². The number of methoxy groups -OCH3 is 1. The monoisotopic (exact) mass is 201 g/mol. The summed E-state index contributed by atoms with van der Waals surface area (Å²) in [5.74, 6) is 6.60. The van der Waals surface area contributed by atoms with Gasteiger partial charge in [-0.1, -0.05) is 6.92 Å². The Morgan fingerprint density at radius 2 is 2.50 bits per heavy atom. The standard InChI is InChI=1S/C9H19N3O2/c1-7-3-5-14-8(7)9(12-10)11-4-6-13-2/h7-8H,3-6,10H2,1-2H3,(H,11,12). The van der Waals surface area contributed by atoms with Gasteiger partial charge < -0.3 is 14.9 Å². The molecule has 5 heteroatoms. The first-order valence-electron chi connectivity index (χ1n) is 4.91. The number of hydrazine groups is 1. The average Bonchev–Trinajstić information content (AvgIpc) is 2.60. The van der Waals surface area contributed by atoms with Gasteiger partial charge in [-0.15, -0.1) is 0 Å². The summed E-state index contributed by atoms with van der Waals surface area (Å²) >= 11 is 0. The van der Waals surface area contributed by atoms with Crippen molar-refractivity contribution in [1.29, 1.82) is 0 Å². The molecule has 3 N–H and O–H groups in total. The summed E-state index contributed by atoms with van der Waals surface area (Å²) in [6, 6.07) is 0. The number of hydrogen-bond acceptors (Lipinski definition) is 4. The van der Waals surface area contributed by atoms with E-state index in [1.165, 1.54) is 0 Å². The van der Waals surface area contributed by atoms with Gasteiger partial charge in [-0.3, -0.25) is 4.99 Å². The third-order valence-electron chi connectivity index (χ3n) is 2.38. The van der Waals surface area contributed by atoms with Crippen molar-refractivity contribution in [3.8, 4) is 0 Å². The van der Waals surface area contributed by atoms with Crippen molar-refractivity contribution >= 4 is 5.84 Å². The van der Waals surface area contributed by atoms with E-state index in [1.54, 1.807) is 7.11 Å². The van der Waals surface area contributed by atoms with E-state index in [-0.39, 0.29) is 6.10 Å². The first-order chi connectivity index (χ1) is 6.79. The van der Waals surface area contributed by atoms with Gasteiger partial charge in [0.25, 0.3) is 0 Å². The maximum absolute atomic E-state index is 5.53. The van der Waals surface area contributed by atoms with Crippen LogP contribution in [0.15, 0.2) is 4.99 Å². The second kappa shape index (κ2) is 5.95. The summed E-state index contributed by atoms with van der Waals surface area (Å²) in [5.41, 5.74) is 2.60. The van der Waals surface area contributed by atoms with E-state index in [9.17, 15) is 0 Å². The highest BCUT2D eigenvalue weighted by Gasteiger charge is 2.28. The first-order valence-corrected chi connectivity index (χ1v) is 4.91. The Bertz CT molecular complexity index is 196. The van der Waals surface area contributed by atoms with E-state index in [1.807, 2.05) is 0 Å². The maximum atomic E-state index is 5.53. The molecule has 0 bridgehead atoms. The number of nitrogens with two attached hydrogens (primary N) is 1. The molecule has 0 amide bonds. The van der Waals surface area contributed by atoms with Crippen molar-refractivity contribution in [1.82, 2.24) is 5.43 Å². The Labute approximate surface area is 84.6 Å². The molecular weight excluding hydrogens is 182 g/mol. The van der Waals surface area contributed by atoms with Crippen molar-refractivity contribution in [3.05, 3.63) is 0 Å². The van der Waals surface area contributed by atoms with Crippen LogP contribution in [-0.2, 0) is 9.47 Å². The summed E-state index contributed by atoms with van der Waals surface area (Å²) in [4.78, 5) is 4.29. The summed E-state index contributed by atoms with van der Waals surface area (Å²) in [6.45, 7) is 4.15. The van der Waals surface area contributed by atoms with Crippen LogP contribution in [0.3, 0.4) is 0 Å². The van der Waals surface area contributed by atoms with Crippen LogP contribution < -0.4 is 11.3 Å². The van der Waals surface area contributed by atoms with Gasteiger partial charge in [0.2, 0.25) is 0 Å². The van der Waals surface area contributed by atoms with E-state index in [2.05, 4.69) is 17.3 Å². The quantitative estimate of drug-likeness (QED) is 0.219. The van der Waals surface area contributed by atoms with Crippen LogP contribution in [-0.4, -0.2) is 38.8 Å². The fourth-order valence-corrected chi connectivity index (χ4v) is 1.52. The molecule has 1 aliphatic rings. The first kappa shape index (κ1) is 11.4. The minimum atomic E-state index is 0.0249. The molecule has 1 aliphatic heterocycles. The summed E-state index contributed by atoms with van der Waals surface area (Å²) in [6.07, 6.45) is 1.09.